The van der Waals surface area contributed by atoms with E-state index in [1.165, 1.54) is 14.2 Å². The fourth-order valence-electron chi connectivity index (χ4n) is 4.77. The van der Waals surface area contributed by atoms with Gasteiger partial charge in [0, 0.05) is 23.7 Å². The van der Waals surface area contributed by atoms with Crippen LogP contribution in [0.4, 0.5) is 0 Å². The zero-order chi connectivity index (χ0) is 22.5. The summed E-state index contributed by atoms with van der Waals surface area (Å²) in [6, 6.07) is 12.4. The number of nitrogens with one attached hydrogen (secondary N) is 1. The highest BCUT2D eigenvalue weighted by molar-refractivity contribution is 6.30. The average molecular weight is 443 g/mol. The van der Waals surface area contributed by atoms with Crippen LogP contribution >= 0.6 is 11.6 Å². The van der Waals surface area contributed by atoms with Gasteiger partial charge in [-0.2, -0.15) is 0 Å². The summed E-state index contributed by atoms with van der Waals surface area (Å²) < 4.78 is 10.6. The number of halogens is 1. The number of hydrogen-bond acceptors (Lipinski definition) is 6. The first-order valence-corrected chi connectivity index (χ1v) is 10.2. The van der Waals surface area contributed by atoms with Gasteiger partial charge in [-0.3, -0.25) is 24.6 Å². The number of carbonyl (C=O) groups is 3. The van der Waals surface area contributed by atoms with E-state index in [2.05, 4.69) is 5.32 Å². The SMILES string of the molecule is COC(=O)[C@]1(C)NC(c2ccc(-c3cccc(Cl)c3)c(OC)c2)C2C(=O)N(C)C(=O)C21. The Kier molecular flexibility index (Phi) is 5.27. The number of nitrogens with zero attached hydrogens (tertiary/aromatic N) is 1. The van der Waals surface area contributed by atoms with Gasteiger partial charge in [0.15, 0.2) is 0 Å². The lowest BCUT2D eigenvalue weighted by atomic mass is 9.80. The summed E-state index contributed by atoms with van der Waals surface area (Å²) in [7, 11) is 4.28. The molecular weight excluding hydrogens is 420 g/mol. The van der Waals surface area contributed by atoms with E-state index in [1.54, 1.807) is 20.1 Å². The van der Waals surface area contributed by atoms with Crippen LogP contribution in [0.3, 0.4) is 0 Å². The molecule has 2 fully saturated rings. The molecule has 2 aromatic rings. The third kappa shape index (κ3) is 3.20. The molecular formula is C23H23ClN2O5. The number of fused-ring (bicyclic) bond motifs is 1. The number of imide groups is 1. The zero-order valence-electron chi connectivity index (χ0n) is 17.6. The second kappa shape index (κ2) is 7.66. The molecule has 2 aliphatic heterocycles. The third-order valence-electron chi connectivity index (χ3n) is 6.34. The van der Waals surface area contributed by atoms with Crippen LogP contribution in [0.1, 0.15) is 18.5 Å². The number of benzene rings is 2. The molecule has 0 bridgehead atoms. The minimum atomic E-state index is -1.32. The largest absolute Gasteiger partial charge is 0.496 e. The highest BCUT2D eigenvalue weighted by atomic mass is 35.5. The van der Waals surface area contributed by atoms with Crippen molar-refractivity contribution >= 4 is 29.4 Å². The molecule has 2 aliphatic rings. The van der Waals surface area contributed by atoms with Crippen molar-refractivity contribution in [2.24, 2.45) is 11.8 Å². The van der Waals surface area contributed by atoms with Crippen LogP contribution in [0.15, 0.2) is 42.5 Å². The van der Waals surface area contributed by atoms with Crippen molar-refractivity contribution in [1.29, 1.82) is 0 Å². The van der Waals surface area contributed by atoms with Crippen molar-refractivity contribution in [3.05, 3.63) is 53.1 Å². The van der Waals surface area contributed by atoms with Gasteiger partial charge in [-0.1, -0.05) is 35.9 Å². The van der Waals surface area contributed by atoms with E-state index in [9.17, 15) is 14.4 Å². The molecule has 1 N–H and O–H groups in total. The third-order valence-corrected chi connectivity index (χ3v) is 6.57. The second-order valence-corrected chi connectivity index (χ2v) is 8.46. The smallest absolute Gasteiger partial charge is 0.326 e. The van der Waals surface area contributed by atoms with Crippen molar-refractivity contribution in [2.45, 2.75) is 18.5 Å². The lowest BCUT2D eigenvalue weighted by Gasteiger charge is -2.28. The Bertz CT molecular complexity index is 1090. The summed E-state index contributed by atoms with van der Waals surface area (Å²) in [5.41, 5.74) is 1.14. The molecule has 162 valence electrons. The van der Waals surface area contributed by atoms with Gasteiger partial charge in [-0.05, 0) is 36.2 Å². The second-order valence-electron chi connectivity index (χ2n) is 8.02. The van der Waals surface area contributed by atoms with Crippen LogP contribution < -0.4 is 10.1 Å². The number of rotatable bonds is 4. The first-order valence-electron chi connectivity index (χ1n) is 9.84. The topological polar surface area (TPSA) is 84.9 Å². The van der Waals surface area contributed by atoms with Gasteiger partial charge in [0.25, 0.3) is 0 Å². The number of methoxy groups -OCH3 is 2. The Labute approximate surface area is 185 Å². The molecule has 4 atom stereocenters. The predicted molar refractivity (Wildman–Crippen MR) is 114 cm³/mol. The molecule has 2 amide bonds. The number of amides is 2. The van der Waals surface area contributed by atoms with Crippen molar-refractivity contribution in [3.8, 4) is 16.9 Å². The van der Waals surface area contributed by atoms with Crippen LogP contribution in [0.25, 0.3) is 11.1 Å². The van der Waals surface area contributed by atoms with Gasteiger partial charge in [-0.15, -0.1) is 0 Å². The molecule has 0 saturated carbocycles. The van der Waals surface area contributed by atoms with Crippen LogP contribution in [-0.4, -0.2) is 49.5 Å². The quantitative estimate of drug-likeness (QED) is 0.579. The Morgan fingerprint density at radius 3 is 2.52 bits per heavy atom. The van der Waals surface area contributed by atoms with E-state index in [1.807, 2.05) is 36.4 Å². The number of hydrogen-bond donors (Lipinski definition) is 1. The molecule has 0 spiro atoms. The van der Waals surface area contributed by atoms with Crippen molar-refractivity contribution in [3.63, 3.8) is 0 Å². The van der Waals surface area contributed by atoms with Gasteiger partial charge in [-0.25, -0.2) is 0 Å². The molecule has 2 heterocycles. The van der Waals surface area contributed by atoms with Gasteiger partial charge in [0.1, 0.15) is 11.3 Å². The summed E-state index contributed by atoms with van der Waals surface area (Å²) in [6.07, 6.45) is 0. The first kappa shape index (κ1) is 21.3. The highest BCUT2D eigenvalue weighted by Gasteiger charge is 2.66. The highest BCUT2D eigenvalue weighted by Crippen LogP contribution is 2.49. The monoisotopic (exact) mass is 442 g/mol. The van der Waals surface area contributed by atoms with E-state index in [-0.39, 0.29) is 11.8 Å². The van der Waals surface area contributed by atoms with Gasteiger partial charge < -0.3 is 9.47 Å². The molecule has 4 rings (SSSR count). The summed E-state index contributed by atoms with van der Waals surface area (Å²) in [5, 5.41) is 3.83. The van der Waals surface area contributed by atoms with E-state index in [4.69, 9.17) is 21.1 Å². The van der Waals surface area contributed by atoms with E-state index in [0.717, 1.165) is 21.6 Å². The molecule has 0 aromatic heterocycles. The Hall–Kier alpha value is -2.90. The maximum atomic E-state index is 12.9. The van der Waals surface area contributed by atoms with Gasteiger partial charge >= 0.3 is 5.97 Å². The lowest BCUT2D eigenvalue weighted by Crippen LogP contribution is -2.53. The number of carbonyl (C=O) groups excluding carboxylic acids is 3. The maximum Gasteiger partial charge on any atom is 0.326 e. The minimum absolute atomic E-state index is 0.321. The number of esters is 1. The summed E-state index contributed by atoms with van der Waals surface area (Å²) in [6.45, 7) is 1.61. The molecule has 8 heteroatoms. The van der Waals surface area contributed by atoms with E-state index < -0.39 is 29.4 Å². The average Bonchev–Trinajstić information content (AvgIpc) is 3.21. The number of ether oxygens (including phenoxy) is 2. The predicted octanol–water partition coefficient (Wildman–Crippen LogP) is 2.82. The normalized spacial score (nSPS) is 27.4. The molecule has 0 aliphatic carbocycles. The fourth-order valence-corrected chi connectivity index (χ4v) is 4.96. The Balaban J connectivity index is 1.79. The van der Waals surface area contributed by atoms with Gasteiger partial charge in [0.05, 0.1) is 26.1 Å². The lowest BCUT2D eigenvalue weighted by molar-refractivity contribution is -0.152. The van der Waals surface area contributed by atoms with Crippen molar-refractivity contribution in [1.82, 2.24) is 10.2 Å². The Morgan fingerprint density at radius 2 is 1.87 bits per heavy atom. The molecule has 3 unspecified atom stereocenters. The zero-order valence-corrected chi connectivity index (χ0v) is 18.4. The molecule has 2 aromatic carbocycles. The Morgan fingerprint density at radius 1 is 1.13 bits per heavy atom. The molecule has 7 nitrogen and oxygen atoms in total. The summed E-state index contributed by atoms with van der Waals surface area (Å²) in [5.74, 6) is -2.26. The summed E-state index contributed by atoms with van der Waals surface area (Å²) in [4.78, 5) is 39.5. The summed E-state index contributed by atoms with van der Waals surface area (Å²) >= 11 is 6.14. The van der Waals surface area contributed by atoms with E-state index in [0.29, 0.717) is 10.8 Å². The molecule has 31 heavy (non-hydrogen) atoms. The van der Waals surface area contributed by atoms with Crippen molar-refractivity contribution < 1.29 is 23.9 Å². The van der Waals surface area contributed by atoms with Gasteiger partial charge in [0.2, 0.25) is 11.8 Å². The van der Waals surface area contributed by atoms with Crippen LogP contribution in [-0.2, 0) is 19.1 Å². The fraction of sp³-hybridized carbons (Fsp3) is 0.348. The molecule has 2 saturated heterocycles. The number of likely N-dealkylation sites (tertiary alicyclic amines) is 1. The van der Waals surface area contributed by atoms with E-state index >= 15 is 0 Å². The van der Waals surface area contributed by atoms with Crippen LogP contribution in [0.5, 0.6) is 5.75 Å². The standard InChI is InChI=1S/C23H23ClN2O5/c1-23(22(29)31-4)18-17(20(27)26(2)21(18)28)19(25-23)13-8-9-15(16(11-13)30-3)12-6-5-7-14(24)10-12/h5-11,17-19,25H,1-4H3/t17?,18?,19?,23-/m1/s1. The first-order chi connectivity index (χ1) is 14.7. The maximum absolute atomic E-state index is 12.9. The van der Waals surface area contributed by atoms with Crippen LogP contribution in [0, 0.1) is 11.8 Å². The van der Waals surface area contributed by atoms with Crippen molar-refractivity contribution in [2.75, 3.05) is 21.3 Å². The minimum Gasteiger partial charge on any atom is -0.496 e. The van der Waals surface area contributed by atoms with Crippen LogP contribution in [0.2, 0.25) is 5.02 Å². The molecule has 0 radical (unpaired) electrons.